The van der Waals surface area contributed by atoms with Crippen LogP contribution in [0.15, 0.2) is 36.8 Å². The van der Waals surface area contributed by atoms with Gasteiger partial charge in [-0.05, 0) is 42.9 Å². The minimum absolute atomic E-state index is 0.0257. The Morgan fingerprint density at radius 3 is 2.37 bits per heavy atom. The minimum Gasteiger partial charge on any atom is -0.508 e. The summed E-state index contributed by atoms with van der Waals surface area (Å²) >= 11 is 0. The molecule has 4 aromatic rings. The molecule has 2 atom stereocenters. The highest BCUT2D eigenvalue weighted by Crippen LogP contribution is 2.42. The Labute approximate surface area is 237 Å². The minimum atomic E-state index is -3.17. The standard InChI is InChI=1S/C28H33F2N7O3S/c1-7-17(4)19-14-22(25-20(29)12-18(38)13-21(25)30)34-35-26(19)28(5,16(2)3)23-8-10-31-27(33-23)37-15-32-24(36-37)9-11-41(6,39)40/h8,10,12-17,38H,7,9,11H2,1-6H3/t17-,28-/m0/s1. The van der Waals surface area contributed by atoms with Crippen molar-refractivity contribution >= 4 is 9.84 Å². The second-order valence-corrected chi connectivity index (χ2v) is 13.0. The van der Waals surface area contributed by atoms with Crippen molar-refractivity contribution in [1.82, 2.24) is 34.9 Å². The van der Waals surface area contributed by atoms with Crippen LogP contribution in [-0.2, 0) is 21.7 Å². The third-order valence-corrected chi connectivity index (χ3v) is 8.46. The normalized spacial score (nSPS) is 14.3. The number of rotatable bonds is 10. The summed E-state index contributed by atoms with van der Waals surface area (Å²) in [5.74, 6) is -1.94. The lowest BCUT2D eigenvalue weighted by Gasteiger charge is -2.35. The second kappa shape index (κ2) is 11.6. The van der Waals surface area contributed by atoms with Crippen LogP contribution in [0.4, 0.5) is 8.78 Å². The Kier molecular flexibility index (Phi) is 8.48. The molecule has 0 aliphatic carbocycles. The molecule has 13 heteroatoms. The quantitative estimate of drug-likeness (QED) is 0.284. The zero-order valence-electron chi connectivity index (χ0n) is 23.8. The Morgan fingerprint density at radius 1 is 1.07 bits per heavy atom. The van der Waals surface area contributed by atoms with E-state index < -0.39 is 32.6 Å². The van der Waals surface area contributed by atoms with E-state index >= 15 is 0 Å². The van der Waals surface area contributed by atoms with Crippen molar-refractivity contribution in [3.63, 3.8) is 0 Å². The molecule has 0 spiro atoms. The summed E-state index contributed by atoms with van der Waals surface area (Å²) in [5.41, 5.74) is 0.872. The summed E-state index contributed by atoms with van der Waals surface area (Å²) in [6.07, 6.45) is 5.09. The maximum Gasteiger partial charge on any atom is 0.252 e. The molecule has 0 aliphatic rings. The van der Waals surface area contributed by atoms with Gasteiger partial charge in [-0.1, -0.05) is 27.7 Å². The summed E-state index contributed by atoms with van der Waals surface area (Å²) in [6, 6.07) is 5.12. The molecule has 0 aliphatic heterocycles. The smallest absolute Gasteiger partial charge is 0.252 e. The summed E-state index contributed by atoms with van der Waals surface area (Å²) in [7, 11) is -3.17. The maximum atomic E-state index is 14.7. The van der Waals surface area contributed by atoms with Gasteiger partial charge in [-0.3, -0.25) is 0 Å². The summed E-state index contributed by atoms with van der Waals surface area (Å²) in [6.45, 7) is 10.1. The molecule has 0 radical (unpaired) electrons. The Morgan fingerprint density at radius 2 is 1.76 bits per heavy atom. The van der Waals surface area contributed by atoms with Crippen LogP contribution >= 0.6 is 0 Å². The first-order valence-corrected chi connectivity index (χ1v) is 15.3. The van der Waals surface area contributed by atoms with Gasteiger partial charge in [0.1, 0.15) is 33.5 Å². The van der Waals surface area contributed by atoms with Crippen molar-refractivity contribution in [1.29, 1.82) is 0 Å². The summed E-state index contributed by atoms with van der Waals surface area (Å²) in [4.78, 5) is 13.3. The van der Waals surface area contributed by atoms with Crippen molar-refractivity contribution in [2.24, 2.45) is 5.92 Å². The number of hydrogen-bond donors (Lipinski definition) is 1. The molecule has 1 aromatic carbocycles. The topological polar surface area (TPSA) is 137 Å². The highest BCUT2D eigenvalue weighted by atomic mass is 32.2. The molecule has 10 nitrogen and oxygen atoms in total. The number of aryl methyl sites for hydroxylation is 1. The predicted octanol–water partition coefficient (Wildman–Crippen LogP) is 4.56. The van der Waals surface area contributed by atoms with Gasteiger partial charge in [-0.15, -0.1) is 10.2 Å². The number of aromatic nitrogens is 7. The molecule has 0 saturated heterocycles. The predicted molar refractivity (Wildman–Crippen MR) is 149 cm³/mol. The van der Waals surface area contributed by atoms with Crippen LogP contribution < -0.4 is 0 Å². The molecule has 4 rings (SSSR count). The zero-order chi connectivity index (χ0) is 30.1. The molecule has 1 N–H and O–H groups in total. The van der Waals surface area contributed by atoms with Gasteiger partial charge in [0.25, 0.3) is 5.95 Å². The van der Waals surface area contributed by atoms with E-state index in [9.17, 15) is 22.3 Å². The van der Waals surface area contributed by atoms with Gasteiger partial charge in [-0.25, -0.2) is 32.2 Å². The molecule has 3 heterocycles. The molecule has 41 heavy (non-hydrogen) atoms. The monoisotopic (exact) mass is 585 g/mol. The van der Waals surface area contributed by atoms with Gasteiger partial charge < -0.3 is 5.11 Å². The van der Waals surface area contributed by atoms with Gasteiger partial charge in [0.2, 0.25) is 0 Å². The first kappa shape index (κ1) is 30.1. The average molecular weight is 586 g/mol. The van der Waals surface area contributed by atoms with Crippen LogP contribution in [0.1, 0.15) is 69.7 Å². The lowest BCUT2D eigenvalue weighted by atomic mass is 9.70. The van der Waals surface area contributed by atoms with Crippen molar-refractivity contribution in [2.45, 2.75) is 58.8 Å². The molecular formula is C28H33F2N7O3S. The van der Waals surface area contributed by atoms with E-state index in [4.69, 9.17) is 4.98 Å². The van der Waals surface area contributed by atoms with E-state index in [-0.39, 0.29) is 41.2 Å². The Balaban J connectivity index is 1.82. The number of nitrogens with zero attached hydrogens (tertiary/aromatic N) is 7. The molecule has 0 amide bonds. The molecular weight excluding hydrogens is 552 g/mol. The fourth-order valence-electron chi connectivity index (χ4n) is 4.56. The van der Waals surface area contributed by atoms with Gasteiger partial charge in [0.15, 0.2) is 5.82 Å². The number of aromatic hydroxyl groups is 1. The van der Waals surface area contributed by atoms with E-state index in [0.717, 1.165) is 30.4 Å². The number of phenolic OH excluding ortho intramolecular Hbond substituents is 1. The Bertz CT molecular complexity index is 1650. The lowest BCUT2D eigenvalue weighted by Crippen LogP contribution is -2.35. The third kappa shape index (κ3) is 6.24. The van der Waals surface area contributed by atoms with E-state index in [0.29, 0.717) is 17.2 Å². The molecule has 0 unspecified atom stereocenters. The number of phenols is 1. The molecule has 3 aromatic heterocycles. The average Bonchev–Trinajstić information content (AvgIpc) is 3.39. The van der Waals surface area contributed by atoms with Crippen molar-refractivity contribution in [3.8, 4) is 23.0 Å². The second-order valence-electron chi connectivity index (χ2n) is 10.7. The van der Waals surface area contributed by atoms with Crippen LogP contribution in [0.25, 0.3) is 17.2 Å². The zero-order valence-corrected chi connectivity index (χ0v) is 24.6. The van der Waals surface area contributed by atoms with Gasteiger partial charge >= 0.3 is 0 Å². The van der Waals surface area contributed by atoms with Crippen LogP contribution in [0, 0.1) is 17.6 Å². The largest absolute Gasteiger partial charge is 0.508 e. The van der Waals surface area contributed by atoms with E-state index in [2.05, 4.69) is 25.3 Å². The van der Waals surface area contributed by atoms with Crippen LogP contribution in [-0.4, -0.2) is 60.5 Å². The highest BCUT2D eigenvalue weighted by molar-refractivity contribution is 7.90. The van der Waals surface area contributed by atoms with E-state index in [1.807, 2.05) is 34.6 Å². The maximum absolute atomic E-state index is 14.7. The van der Waals surface area contributed by atoms with Gasteiger partial charge in [-0.2, -0.15) is 9.78 Å². The van der Waals surface area contributed by atoms with Crippen LogP contribution in [0.3, 0.4) is 0 Å². The highest BCUT2D eigenvalue weighted by Gasteiger charge is 2.39. The van der Waals surface area contributed by atoms with Crippen LogP contribution in [0.2, 0.25) is 0 Å². The SMILES string of the molecule is CC[C@H](C)c1cc(-c2c(F)cc(O)cc2F)nnc1[C@](C)(c1ccnc(-n2cnc(CCS(C)(=O)=O)n2)n1)C(C)C. The molecule has 0 bridgehead atoms. The Hall–Kier alpha value is -3.87. The fraction of sp³-hybridized carbons (Fsp3) is 0.429. The molecule has 0 fully saturated rings. The van der Waals surface area contributed by atoms with Crippen molar-refractivity contribution in [2.75, 3.05) is 12.0 Å². The summed E-state index contributed by atoms with van der Waals surface area (Å²) < 4.78 is 53.9. The van der Waals surface area contributed by atoms with Gasteiger partial charge in [0, 0.05) is 31.0 Å². The van der Waals surface area contributed by atoms with E-state index in [1.165, 1.54) is 11.0 Å². The number of hydrogen-bond acceptors (Lipinski definition) is 9. The van der Waals surface area contributed by atoms with Crippen LogP contribution in [0.5, 0.6) is 5.75 Å². The first-order valence-electron chi connectivity index (χ1n) is 13.2. The third-order valence-electron chi connectivity index (χ3n) is 7.51. The van der Waals surface area contributed by atoms with Gasteiger partial charge in [0.05, 0.1) is 33.8 Å². The van der Waals surface area contributed by atoms with E-state index in [1.54, 1.807) is 18.3 Å². The lowest BCUT2D eigenvalue weighted by molar-refractivity contribution is 0.374. The van der Waals surface area contributed by atoms with Crippen molar-refractivity contribution < 1.29 is 22.3 Å². The number of sulfone groups is 1. The number of halogens is 2. The fourth-order valence-corrected chi connectivity index (χ4v) is 5.11. The number of benzene rings is 1. The molecule has 0 saturated carbocycles. The first-order chi connectivity index (χ1) is 19.2. The summed E-state index contributed by atoms with van der Waals surface area (Å²) in [5, 5.41) is 22.7. The van der Waals surface area contributed by atoms with Crippen molar-refractivity contribution in [3.05, 3.63) is 71.2 Å². The molecule has 218 valence electrons.